The maximum atomic E-state index is 13.2. The van der Waals surface area contributed by atoms with Crippen LogP contribution in [0.3, 0.4) is 0 Å². The number of nitrogens with zero attached hydrogens (tertiary/aromatic N) is 1. The first-order valence-electron chi connectivity index (χ1n) is 12.7. The van der Waals surface area contributed by atoms with Gasteiger partial charge in [-0.25, -0.2) is 9.79 Å². The Kier molecular flexibility index (Phi) is 8.52. The van der Waals surface area contributed by atoms with Gasteiger partial charge in [-0.1, -0.05) is 23.7 Å². The van der Waals surface area contributed by atoms with Gasteiger partial charge in [-0.15, -0.1) is 11.3 Å². The Hall–Kier alpha value is -4.08. The van der Waals surface area contributed by atoms with Crippen molar-refractivity contribution in [3.8, 4) is 11.5 Å². The molecule has 0 aliphatic heterocycles. The molecule has 0 bridgehead atoms. The third-order valence-electron chi connectivity index (χ3n) is 6.52. The van der Waals surface area contributed by atoms with Crippen LogP contribution < -0.4 is 14.8 Å². The minimum absolute atomic E-state index is 0.113. The fourth-order valence-electron chi connectivity index (χ4n) is 4.58. The SMILES string of the molecule is COc1cc(C=Nc2sc3c(c2C(=O)NCc2ccco2)CCCC3)cc(Cl)c1OCc1cccc(C(=O)O)c1. The lowest BCUT2D eigenvalue weighted by Crippen LogP contribution is -2.23. The van der Waals surface area contributed by atoms with Crippen molar-refractivity contribution in [3.63, 3.8) is 0 Å². The number of aromatic carboxylic acids is 1. The summed E-state index contributed by atoms with van der Waals surface area (Å²) in [4.78, 5) is 30.4. The molecule has 2 heterocycles. The number of carboxylic acids is 1. The zero-order chi connectivity index (χ0) is 28.1. The number of methoxy groups -OCH3 is 1. The number of benzene rings is 2. The van der Waals surface area contributed by atoms with E-state index in [1.54, 1.807) is 60.2 Å². The summed E-state index contributed by atoms with van der Waals surface area (Å²) in [5.41, 5.74) is 3.23. The number of fused-ring (bicyclic) bond motifs is 1. The topological polar surface area (TPSA) is 110 Å². The smallest absolute Gasteiger partial charge is 0.335 e. The molecule has 8 nitrogen and oxygen atoms in total. The molecule has 0 saturated carbocycles. The van der Waals surface area contributed by atoms with Crippen molar-refractivity contribution in [2.45, 2.75) is 38.8 Å². The lowest BCUT2D eigenvalue weighted by atomic mass is 9.95. The van der Waals surface area contributed by atoms with E-state index in [0.29, 0.717) is 50.5 Å². The van der Waals surface area contributed by atoms with Gasteiger partial charge in [-0.05, 0) is 78.8 Å². The zero-order valence-electron chi connectivity index (χ0n) is 21.7. The Balaban J connectivity index is 1.37. The van der Waals surface area contributed by atoms with Gasteiger partial charge in [0.2, 0.25) is 0 Å². The van der Waals surface area contributed by atoms with Crippen LogP contribution in [-0.4, -0.2) is 30.3 Å². The Labute approximate surface area is 240 Å². The molecule has 40 heavy (non-hydrogen) atoms. The normalized spacial score (nSPS) is 12.8. The van der Waals surface area contributed by atoms with E-state index >= 15 is 0 Å². The molecular weight excluding hydrogens is 552 g/mol. The number of nitrogens with one attached hydrogen (secondary N) is 1. The number of furan rings is 1. The predicted molar refractivity (Wildman–Crippen MR) is 154 cm³/mol. The van der Waals surface area contributed by atoms with Gasteiger partial charge in [0.25, 0.3) is 5.91 Å². The molecule has 0 radical (unpaired) electrons. The summed E-state index contributed by atoms with van der Waals surface area (Å²) in [6, 6.07) is 13.6. The number of carbonyl (C=O) groups is 2. The first kappa shape index (κ1) is 27.5. The number of aliphatic imine (C=N–C) groups is 1. The molecule has 4 aromatic rings. The number of ether oxygens (including phenoxy) is 2. The number of amides is 1. The molecule has 1 aliphatic rings. The van der Waals surface area contributed by atoms with Crippen molar-refractivity contribution in [2.75, 3.05) is 7.11 Å². The maximum absolute atomic E-state index is 13.2. The predicted octanol–water partition coefficient (Wildman–Crippen LogP) is 6.84. The van der Waals surface area contributed by atoms with E-state index in [0.717, 1.165) is 31.2 Å². The van der Waals surface area contributed by atoms with Gasteiger partial charge in [0.15, 0.2) is 11.5 Å². The average Bonchev–Trinajstić information content (AvgIpc) is 3.62. The third-order valence-corrected chi connectivity index (χ3v) is 8.00. The third kappa shape index (κ3) is 6.21. The van der Waals surface area contributed by atoms with Gasteiger partial charge in [0.05, 0.1) is 36.1 Å². The molecule has 2 aromatic heterocycles. The molecule has 206 valence electrons. The van der Waals surface area contributed by atoms with Crippen LogP contribution in [0.2, 0.25) is 5.02 Å². The average molecular weight is 579 g/mol. The molecule has 0 saturated heterocycles. The van der Waals surface area contributed by atoms with Crippen molar-refractivity contribution in [3.05, 3.63) is 98.3 Å². The van der Waals surface area contributed by atoms with Gasteiger partial charge in [0.1, 0.15) is 17.4 Å². The van der Waals surface area contributed by atoms with Gasteiger partial charge in [0, 0.05) is 11.1 Å². The second-order valence-electron chi connectivity index (χ2n) is 9.24. The van der Waals surface area contributed by atoms with Gasteiger partial charge in [-0.2, -0.15) is 0 Å². The van der Waals surface area contributed by atoms with Crippen LogP contribution in [0.1, 0.15) is 60.9 Å². The largest absolute Gasteiger partial charge is 0.493 e. The number of carboxylic acid groups (broad SMARTS) is 1. The number of halogens is 1. The molecule has 5 rings (SSSR count). The van der Waals surface area contributed by atoms with Crippen LogP contribution in [-0.2, 0) is 26.0 Å². The van der Waals surface area contributed by atoms with Crippen LogP contribution in [0.25, 0.3) is 0 Å². The number of carbonyl (C=O) groups excluding carboxylic acids is 1. The summed E-state index contributed by atoms with van der Waals surface area (Å²) in [6.45, 7) is 0.413. The van der Waals surface area contributed by atoms with Crippen LogP contribution >= 0.6 is 22.9 Å². The van der Waals surface area contributed by atoms with Crippen molar-refractivity contribution in [1.82, 2.24) is 5.32 Å². The van der Waals surface area contributed by atoms with E-state index < -0.39 is 5.97 Å². The van der Waals surface area contributed by atoms with Gasteiger partial charge >= 0.3 is 5.97 Å². The van der Waals surface area contributed by atoms with E-state index in [1.807, 2.05) is 6.07 Å². The summed E-state index contributed by atoms with van der Waals surface area (Å²) in [5.74, 6) is 0.248. The molecule has 2 aromatic carbocycles. The quantitative estimate of drug-likeness (QED) is 0.199. The first-order valence-corrected chi connectivity index (χ1v) is 13.9. The van der Waals surface area contributed by atoms with Crippen LogP contribution in [0, 0.1) is 0 Å². The molecule has 2 N–H and O–H groups in total. The molecule has 0 atom stereocenters. The fraction of sp³-hybridized carbons (Fsp3) is 0.233. The van der Waals surface area contributed by atoms with Crippen LogP contribution in [0.15, 0.2) is 64.2 Å². The van der Waals surface area contributed by atoms with Crippen LogP contribution in [0.5, 0.6) is 11.5 Å². The minimum atomic E-state index is -1.01. The van der Waals surface area contributed by atoms with Crippen molar-refractivity contribution in [1.29, 1.82) is 0 Å². The van der Waals surface area contributed by atoms with Gasteiger partial charge < -0.3 is 24.3 Å². The highest BCUT2D eigenvalue weighted by Gasteiger charge is 2.25. The molecule has 1 amide bonds. The highest BCUT2D eigenvalue weighted by Crippen LogP contribution is 2.41. The maximum Gasteiger partial charge on any atom is 0.335 e. The molecule has 10 heteroatoms. The first-order chi connectivity index (χ1) is 19.4. The summed E-state index contributed by atoms with van der Waals surface area (Å²) in [7, 11) is 1.51. The van der Waals surface area contributed by atoms with E-state index in [-0.39, 0.29) is 18.1 Å². The molecule has 0 unspecified atom stereocenters. The van der Waals surface area contributed by atoms with E-state index in [9.17, 15) is 14.7 Å². The van der Waals surface area contributed by atoms with Crippen molar-refractivity contribution >= 4 is 46.0 Å². The van der Waals surface area contributed by atoms with Crippen LogP contribution in [0.4, 0.5) is 5.00 Å². The summed E-state index contributed by atoms with van der Waals surface area (Å²) < 4.78 is 16.8. The molecule has 0 spiro atoms. The minimum Gasteiger partial charge on any atom is -0.493 e. The van der Waals surface area contributed by atoms with E-state index in [1.165, 1.54) is 18.1 Å². The van der Waals surface area contributed by atoms with Crippen molar-refractivity contribution in [2.24, 2.45) is 4.99 Å². The Bertz CT molecular complexity index is 1560. The molecule has 0 fully saturated rings. The van der Waals surface area contributed by atoms with Crippen molar-refractivity contribution < 1.29 is 28.6 Å². The lowest BCUT2D eigenvalue weighted by molar-refractivity contribution is 0.0696. The summed E-state index contributed by atoms with van der Waals surface area (Å²) in [5, 5.41) is 13.2. The number of hydrogen-bond donors (Lipinski definition) is 2. The Morgan fingerprint density at radius 1 is 1.18 bits per heavy atom. The fourth-order valence-corrected chi connectivity index (χ4v) is 6.09. The monoisotopic (exact) mass is 578 g/mol. The zero-order valence-corrected chi connectivity index (χ0v) is 23.3. The van der Waals surface area contributed by atoms with Gasteiger partial charge in [-0.3, -0.25) is 4.79 Å². The summed E-state index contributed by atoms with van der Waals surface area (Å²) in [6.07, 6.45) is 7.17. The highest BCUT2D eigenvalue weighted by atomic mass is 35.5. The number of aryl methyl sites for hydroxylation is 1. The number of hydrogen-bond acceptors (Lipinski definition) is 7. The second kappa shape index (κ2) is 12.4. The Morgan fingerprint density at radius 2 is 2.02 bits per heavy atom. The second-order valence-corrected chi connectivity index (χ2v) is 10.7. The van der Waals surface area contributed by atoms with E-state index in [2.05, 4.69) is 5.32 Å². The Morgan fingerprint density at radius 3 is 2.80 bits per heavy atom. The molecule has 1 aliphatic carbocycles. The lowest BCUT2D eigenvalue weighted by Gasteiger charge is -2.13. The number of rotatable bonds is 10. The standard InChI is InChI=1S/C30H27ClN2O6S/c1-37-24-14-19(13-23(31)27(24)39-17-18-6-4-7-20(12-18)30(35)36)15-33-29-26(22-9-2-3-10-25(22)40-29)28(34)32-16-21-8-5-11-38-21/h4-8,11-15H,2-3,9-10,16-17H2,1H3,(H,32,34)(H,35,36). The highest BCUT2D eigenvalue weighted by molar-refractivity contribution is 7.16. The van der Waals surface area contributed by atoms with E-state index in [4.69, 9.17) is 30.5 Å². The molecular formula is C30H27ClN2O6S. The number of thiophene rings is 1. The summed E-state index contributed by atoms with van der Waals surface area (Å²) >= 11 is 8.11.